The molecule has 6 heteroatoms. The second-order valence-corrected chi connectivity index (χ2v) is 3.18. The van der Waals surface area contributed by atoms with Crippen LogP contribution in [0.15, 0.2) is 18.2 Å². The van der Waals surface area contributed by atoms with Gasteiger partial charge in [-0.05, 0) is 18.2 Å². The van der Waals surface area contributed by atoms with Crippen molar-refractivity contribution >= 4 is 28.9 Å². The van der Waals surface area contributed by atoms with Crippen LogP contribution in [-0.4, -0.2) is 6.00 Å². The molecular formula is C8H6Cl2F3N. The van der Waals surface area contributed by atoms with Crippen molar-refractivity contribution in [2.75, 3.05) is 11.3 Å². The molecular weight excluding hydrogens is 238 g/mol. The van der Waals surface area contributed by atoms with Crippen molar-refractivity contribution < 1.29 is 13.2 Å². The van der Waals surface area contributed by atoms with Gasteiger partial charge in [-0.3, -0.25) is 0 Å². The fourth-order valence-corrected chi connectivity index (χ4v) is 1.31. The molecule has 1 nitrogen and oxygen atoms in total. The highest BCUT2D eigenvalue weighted by Crippen LogP contribution is 2.36. The Bertz CT molecular complexity index is 325. The molecule has 0 aliphatic carbocycles. The van der Waals surface area contributed by atoms with Gasteiger partial charge >= 0.3 is 6.18 Å². The smallest absolute Gasteiger partial charge is 0.372 e. The van der Waals surface area contributed by atoms with Crippen LogP contribution in [-0.2, 0) is 6.18 Å². The monoisotopic (exact) mass is 243 g/mol. The predicted octanol–water partition coefficient (Wildman–Crippen LogP) is 3.97. The molecule has 0 aliphatic rings. The van der Waals surface area contributed by atoms with Gasteiger partial charge in [-0.25, -0.2) is 0 Å². The zero-order valence-corrected chi connectivity index (χ0v) is 8.34. The van der Waals surface area contributed by atoms with Crippen LogP contribution < -0.4 is 5.32 Å². The van der Waals surface area contributed by atoms with Crippen molar-refractivity contribution in [3.8, 4) is 0 Å². The number of nitrogens with one attached hydrogen (secondary N) is 1. The lowest BCUT2D eigenvalue weighted by molar-refractivity contribution is -0.137. The van der Waals surface area contributed by atoms with E-state index in [1.54, 1.807) is 0 Å². The number of halogens is 5. The SMILES string of the molecule is FC(F)(F)c1cc(NCCl)ccc1Cl. The van der Waals surface area contributed by atoms with Gasteiger partial charge < -0.3 is 5.32 Å². The summed E-state index contributed by atoms with van der Waals surface area (Å²) in [7, 11) is 0. The molecule has 78 valence electrons. The first-order valence-corrected chi connectivity index (χ1v) is 4.53. The molecule has 0 heterocycles. The summed E-state index contributed by atoms with van der Waals surface area (Å²) in [6.45, 7) is 0. The van der Waals surface area contributed by atoms with Gasteiger partial charge in [0.1, 0.15) is 0 Å². The predicted molar refractivity (Wildman–Crippen MR) is 50.8 cm³/mol. The van der Waals surface area contributed by atoms with Gasteiger partial charge in [0.25, 0.3) is 0 Å². The first-order chi connectivity index (χ1) is 6.45. The van der Waals surface area contributed by atoms with E-state index in [1.165, 1.54) is 12.1 Å². The summed E-state index contributed by atoms with van der Waals surface area (Å²) in [4.78, 5) is 0. The minimum Gasteiger partial charge on any atom is -0.372 e. The average Bonchev–Trinajstić information content (AvgIpc) is 2.07. The van der Waals surface area contributed by atoms with Gasteiger partial charge in [0.05, 0.1) is 16.6 Å². The minimum atomic E-state index is -4.44. The Morgan fingerprint density at radius 2 is 1.93 bits per heavy atom. The fourth-order valence-electron chi connectivity index (χ4n) is 0.930. The summed E-state index contributed by atoms with van der Waals surface area (Å²) in [6.07, 6.45) is -4.44. The molecule has 14 heavy (non-hydrogen) atoms. The zero-order chi connectivity index (χ0) is 10.8. The number of alkyl halides is 4. The molecule has 0 bridgehead atoms. The minimum absolute atomic E-state index is 0.0406. The molecule has 0 saturated heterocycles. The molecule has 0 radical (unpaired) electrons. The molecule has 0 atom stereocenters. The van der Waals surface area contributed by atoms with Crippen LogP contribution in [0.4, 0.5) is 18.9 Å². The van der Waals surface area contributed by atoms with Crippen molar-refractivity contribution in [2.24, 2.45) is 0 Å². The van der Waals surface area contributed by atoms with Gasteiger partial charge in [0.2, 0.25) is 0 Å². The number of hydrogen-bond acceptors (Lipinski definition) is 1. The average molecular weight is 244 g/mol. The number of benzene rings is 1. The van der Waals surface area contributed by atoms with E-state index in [2.05, 4.69) is 5.32 Å². The van der Waals surface area contributed by atoms with E-state index in [-0.39, 0.29) is 16.7 Å². The largest absolute Gasteiger partial charge is 0.417 e. The van der Waals surface area contributed by atoms with E-state index >= 15 is 0 Å². The van der Waals surface area contributed by atoms with E-state index in [1.807, 2.05) is 0 Å². The van der Waals surface area contributed by atoms with Crippen LogP contribution in [0.1, 0.15) is 5.56 Å². The summed E-state index contributed by atoms with van der Waals surface area (Å²) < 4.78 is 37.0. The molecule has 0 amide bonds. The second-order valence-electron chi connectivity index (χ2n) is 2.50. The highest BCUT2D eigenvalue weighted by molar-refractivity contribution is 6.31. The maximum Gasteiger partial charge on any atom is 0.417 e. The lowest BCUT2D eigenvalue weighted by atomic mass is 10.2. The van der Waals surface area contributed by atoms with Crippen molar-refractivity contribution in [1.82, 2.24) is 0 Å². The third-order valence-electron chi connectivity index (χ3n) is 1.54. The van der Waals surface area contributed by atoms with E-state index in [4.69, 9.17) is 23.2 Å². The topological polar surface area (TPSA) is 12.0 Å². The van der Waals surface area contributed by atoms with Crippen LogP contribution >= 0.6 is 23.2 Å². The Morgan fingerprint density at radius 3 is 2.43 bits per heavy atom. The van der Waals surface area contributed by atoms with Crippen molar-refractivity contribution in [2.45, 2.75) is 6.18 Å². The summed E-state index contributed by atoms with van der Waals surface area (Å²) >= 11 is 10.7. The van der Waals surface area contributed by atoms with Crippen LogP contribution in [0.5, 0.6) is 0 Å². The maximum atomic E-state index is 12.3. The third kappa shape index (κ3) is 2.69. The normalized spacial score (nSPS) is 11.5. The Morgan fingerprint density at radius 1 is 1.29 bits per heavy atom. The Balaban J connectivity index is 3.09. The number of anilines is 1. The van der Waals surface area contributed by atoms with Gasteiger partial charge in [-0.15, -0.1) is 11.6 Å². The molecule has 0 unspecified atom stereocenters. The summed E-state index contributed by atoms with van der Waals surface area (Å²) in [5.74, 6) is 0. The molecule has 0 saturated carbocycles. The number of hydrogen-bond donors (Lipinski definition) is 1. The Kier molecular flexibility index (Phi) is 3.50. The lowest BCUT2D eigenvalue weighted by Gasteiger charge is -2.10. The first-order valence-electron chi connectivity index (χ1n) is 3.61. The maximum absolute atomic E-state index is 12.3. The van der Waals surface area contributed by atoms with Crippen LogP contribution in [0.2, 0.25) is 5.02 Å². The third-order valence-corrected chi connectivity index (χ3v) is 2.01. The van der Waals surface area contributed by atoms with E-state index in [9.17, 15) is 13.2 Å². The van der Waals surface area contributed by atoms with E-state index in [0.717, 1.165) is 6.07 Å². The van der Waals surface area contributed by atoms with Crippen molar-refractivity contribution in [3.63, 3.8) is 0 Å². The fraction of sp³-hybridized carbons (Fsp3) is 0.250. The first kappa shape index (κ1) is 11.5. The molecule has 1 N–H and O–H groups in total. The quantitative estimate of drug-likeness (QED) is 0.613. The van der Waals surface area contributed by atoms with Gasteiger partial charge in [-0.1, -0.05) is 11.6 Å². The Hall–Kier alpha value is -0.610. The van der Waals surface area contributed by atoms with Gasteiger partial charge in [-0.2, -0.15) is 13.2 Å². The highest BCUT2D eigenvalue weighted by atomic mass is 35.5. The van der Waals surface area contributed by atoms with Crippen LogP contribution in [0.3, 0.4) is 0 Å². The standard InChI is InChI=1S/C8H6Cl2F3N/c9-4-14-5-1-2-7(10)6(3-5)8(11,12)13/h1-3,14H,4H2. The van der Waals surface area contributed by atoms with Crippen LogP contribution in [0, 0.1) is 0 Å². The summed E-state index contributed by atoms with van der Waals surface area (Å²) in [6, 6.07) is 3.57. The Labute approximate surface area is 88.8 Å². The van der Waals surface area contributed by atoms with Gasteiger partial charge in [0.15, 0.2) is 0 Å². The zero-order valence-electron chi connectivity index (χ0n) is 6.83. The molecule has 0 aromatic heterocycles. The second kappa shape index (κ2) is 4.28. The molecule has 1 rings (SSSR count). The van der Waals surface area contributed by atoms with E-state index in [0.29, 0.717) is 0 Å². The van der Waals surface area contributed by atoms with Crippen LogP contribution in [0.25, 0.3) is 0 Å². The van der Waals surface area contributed by atoms with Gasteiger partial charge in [0, 0.05) is 5.69 Å². The number of rotatable bonds is 2. The van der Waals surface area contributed by atoms with Crippen molar-refractivity contribution in [1.29, 1.82) is 0 Å². The molecule has 0 aliphatic heterocycles. The summed E-state index contributed by atoms with van der Waals surface area (Å²) in [5.41, 5.74) is -0.578. The molecule has 1 aromatic rings. The van der Waals surface area contributed by atoms with E-state index < -0.39 is 11.7 Å². The lowest BCUT2D eigenvalue weighted by Crippen LogP contribution is -2.07. The van der Waals surface area contributed by atoms with Crippen molar-refractivity contribution in [3.05, 3.63) is 28.8 Å². The molecule has 0 fully saturated rings. The molecule has 0 spiro atoms. The summed E-state index contributed by atoms with van der Waals surface area (Å²) in [5, 5.41) is 2.23. The highest BCUT2D eigenvalue weighted by Gasteiger charge is 2.33. The molecule has 1 aromatic carbocycles.